The van der Waals surface area contributed by atoms with Gasteiger partial charge in [0.2, 0.25) is 0 Å². The third-order valence-electron chi connectivity index (χ3n) is 3.45. The lowest BCUT2D eigenvalue weighted by Crippen LogP contribution is -2.18. The molecule has 0 atom stereocenters. The summed E-state index contributed by atoms with van der Waals surface area (Å²) in [7, 11) is 0. The molecule has 0 heterocycles. The predicted octanol–water partition coefficient (Wildman–Crippen LogP) is 4.85. The molecular weight excluding hydrogens is 347 g/mol. The minimum Gasteiger partial charge on any atom is -0.386 e. The summed E-state index contributed by atoms with van der Waals surface area (Å²) in [5.74, 6) is -0.270. The molecule has 24 heavy (non-hydrogen) atoms. The van der Waals surface area contributed by atoms with E-state index in [0.717, 1.165) is 23.2 Å². The Bertz CT molecular complexity index is 761. The van der Waals surface area contributed by atoms with E-state index >= 15 is 0 Å². The van der Waals surface area contributed by atoms with Crippen LogP contribution in [0.3, 0.4) is 0 Å². The van der Waals surface area contributed by atoms with Gasteiger partial charge in [0.15, 0.2) is 6.61 Å². The average Bonchev–Trinajstić information content (AvgIpc) is 2.57. The fourth-order valence-corrected chi connectivity index (χ4v) is 2.54. The second-order valence-electron chi connectivity index (χ2n) is 5.16. The van der Waals surface area contributed by atoms with E-state index in [4.69, 9.17) is 28.0 Å². The molecule has 2 aromatic rings. The standard InChI is InChI=1S/C18H18Cl2N2O2/c1-3-13-7-4-6-12(2)18(13)22-16(23)11-24-21-10-14-8-5-9-15(19)17(14)20/h4-10H,3,11H2,1-2H3,(H,22,23)/b21-10-. The highest BCUT2D eigenvalue weighted by Gasteiger charge is 2.09. The van der Waals surface area contributed by atoms with Gasteiger partial charge in [-0.1, -0.05) is 65.6 Å². The molecule has 0 unspecified atom stereocenters. The van der Waals surface area contributed by atoms with Crippen molar-refractivity contribution < 1.29 is 9.63 Å². The molecule has 0 radical (unpaired) electrons. The number of nitrogens with zero attached hydrogens (tertiary/aromatic N) is 1. The Morgan fingerprint density at radius 3 is 2.75 bits per heavy atom. The van der Waals surface area contributed by atoms with Gasteiger partial charge in [0.1, 0.15) is 0 Å². The van der Waals surface area contributed by atoms with Gasteiger partial charge >= 0.3 is 0 Å². The Morgan fingerprint density at radius 2 is 2.00 bits per heavy atom. The maximum atomic E-state index is 12.0. The van der Waals surface area contributed by atoms with Crippen molar-refractivity contribution in [3.8, 4) is 0 Å². The lowest BCUT2D eigenvalue weighted by molar-refractivity contribution is -0.120. The average molecular weight is 365 g/mol. The SMILES string of the molecule is CCc1cccc(C)c1NC(=O)CO/N=C\c1cccc(Cl)c1Cl. The molecule has 2 rings (SSSR count). The first-order valence-corrected chi connectivity index (χ1v) is 8.26. The molecule has 0 saturated carbocycles. The second kappa shape index (κ2) is 8.71. The van der Waals surface area contributed by atoms with Gasteiger partial charge in [-0.15, -0.1) is 0 Å². The summed E-state index contributed by atoms with van der Waals surface area (Å²) in [6, 6.07) is 11.1. The van der Waals surface area contributed by atoms with Crippen LogP contribution >= 0.6 is 23.2 Å². The Hall–Kier alpha value is -2.04. The van der Waals surface area contributed by atoms with Crippen LogP contribution in [-0.4, -0.2) is 18.7 Å². The molecule has 0 aliphatic heterocycles. The van der Waals surface area contributed by atoms with E-state index in [1.807, 2.05) is 32.0 Å². The van der Waals surface area contributed by atoms with Crippen LogP contribution < -0.4 is 5.32 Å². The summed E-state index contributed by atoms with van der Waals surface area (Å²) >= 11 is 11.9. The Labute approximate surface area is 151 Å². The maximum Gasteiger partial charge on any atom is 0.265 e. The van der Waals surface area contributed by atoms with Gasteiger partial charge in [0.25, 0.3) is 5.91 Å². The second-order valence-corrected chi connectivity index (χ2v) is 5.95. The molecule has 0 spiro atoms. The highest BCUT2D eigenvalue weighted by Crippen LogP contribution is 2.24. The Morgan fingerprint density at radius 1 is 1.25 bits per heavy atom. The van der Waals surface area contributed by atoms with E-state index in [-0.39, 0.29) is 12.5 Å². The Kier molecular flexibility index (Phi) is 6.64. The highest BCUT2D eigenvalue weighted by molar-refractivity contribution is 6.43. The molecule has 2 aromatic carbocycles. The maximum absolute atomic E-state index is 12.0. The molecule has 126 valence electrons. The molecule has 4 nitrogen and oxygen atoms in total. The number of oxime groups is 1. The first-order valence-electron chi connectivity index (χ1n) is 7.50. The number of benzene rings is 2. The van der Waals surface area contributed by atoms with Gasteiger partial charge in [-0.3, -0.25) is 4.79 Å². The van der Waals surface area contributed by atoms with Crippen LogP contribution in [0.15, 0.2) is 41.6 Å². The molecule has 0 aromatic heterocycles. The monoisotopic (exact) mass is 364 g/mol. The van der Waals surface area contributed by atoms with Crippen LogP contribution in [0.1, 0.15) is 23.6 Å². The molecular formula is C18H18Cl2N2O2. The van der Waals surface area contributed by atoms with E-state index in [9.17, 15) is 4.79 Å². The zero-order chi connectivity index (χ0) is 17.5. The number of anilines is 1. The third-order valence-corrected chi connectivity index (χ3v) is 4.28. The first kappa shape index (κ1) is 18.3. The van der Waals surface area contributed by atoms with Gasteiger partial charge in [-0.05, 0) is 30.5 Å². The van der Waals surface area contributed by atoms with E-state index in [2.05, 4.69) is 10.5 Å². The number of amides is 1. The predicted molar refractivity (Wildman–Crippen MR) is 99.2 cm³/mol. The van der Waals surface area contributed by atoms with E-state index < -0.39 is 0 Å². The molecule has 0 aliphatic rings. The summed E-state index contributed by atoms with van der Waals surface area (Å²) in [5.41, 5.74) is 3.54. The summed E-state index contributed by atoms with van der Waals surface area (Å²) in [6.07, 6.45) is 2.26. The summed E-state index contributed by atoms with van der Waals surface area (Å²) < 4.78 is 0. The van der Waals surface area contributed by atoms with Gasteiger partial charge in [0.05, 0.1) is 16.3 Å². The topological polar surface area (TPSA) is 50.7 Å². The minimum atomic E-state index is -0.270. The van der Waals surface area contributed by atoms with Crippen molar-refractivity contribution >= 4 is 41.0 Å². The van der Waals surface area contributed by atoms with Crippen LogP contribution in [0.4, 0.5) is 5.69 Å². The zero-order valence-corrected chi connectivity index (χ0v) is 15.0. The number of carbonyl (C=O) groups excluding carboxylic acids is 1. The molecule has 1 amide bonds. The van der Waals surface area contributed by atoms with Crippen molar-refractivity contribution in [2.24, 2.45) is 5.16 Å². The number of rotatable bonds is 6. The number of aryl methyl sites for hydroxylation is 2. The van der Waals surface area contributed by atoms with Gasteiger partial charge in [-0.25, -0.2) is 0 Å². The number of hydrogen-bond donors (Lipinski definition) is 1. The van der Waals surface area contributed by atoms with Crippen LogP contribution in [-0.2, 0) is 16.1 Å². The van der Waals surface area contributed by atoms with Crippen LogP contribution in [0.2, 0.25) is 10.0 Å². The van der Waals surface area contributed by atoms with Crippen molar-refractivity contribution in [1.29, 1.82) is 0 Å². The molecule has 0 fully saturated rings. The largest absolute Gasteiger partial charge is 0.386 e. The number of nitrogens with one attached hydrogen (secondary N) is 1. The smallest absolute Gasteiger partial charge is 0.265 e. The number of hydrogen-bond acceptors (Lipinski definition) is 3. The minimum absolute atomic E-state index is 0.188. The van der Waals surface area contributed by atoms with Gasteiger partial charge < -0.3 is 10.2 Å². The third kappa shape index (κ3) is 4.73. The van der Waals surface area contributed by atoms with E-state index in [0.29, 0.717) is 15.6 Å². The van der Waals surface area contributed by atoms with Crippen molar-refractivity contribution in [3.63, 3.8) is 0 Å². The van der Waals surface area contributed by atoms with Crippen LogP contribution in [0.25, 0.3) is 0 Å². The number of carbonyl (C=O) groups is 1. The summed E-state index contributed by atoms with van der Waals surface area (Å²) in [5, 5.41) is 7.45. The number of para-hydroxylation sites is 1. The lowest BCUT2D eigenvalue weighted by Gasteiger charge is -2.12. The fraction of sp³-hybridized carbons (Fsp3) is 0.222. The van der Waals surface area contributed by atoms with Crippen molar-refractivity contribution in [3.05, 3.63) is 63.1 Å². The molecule has 6 heteroatoms. The van der Waals surface area contributed by atoms with E-state index in [1.54, 1.807) is 18.2 Å². The fourth-order valence-electron chi connectivity index (χ4n) is 2.19. The quantitative estimate of drug-likeness (QED) is 0.588. The lowest BCUT2D eigenvalue weighted by atomic mass is 10.1. The Balaban J connectivity index is 1.92. The molecule has 0 aliphatic carbocycles. The van der Waals surface area contributed by atoms with Crippen molar-refractivity contribution in [1.82, 2.24) is 0 Å². The van der Waals surface area contributed by atoms with E-state index in [1.165, 1.54) is 6.21 Å². The van der Waals surface area contributed by atoms with Crippen LogP contribution in [0.5, 0.6) is 0 Å². The first-order chi connectivity index (χ1) is 11.5. The van der Waals surface area contributed by atoms with Crippen molar-refractivity contribution in [2.75, 3.05) is 11.9 Å². The summed E-state index contributed by atoms with van der Waals surface area (Å²) in [6.45, 7) is 3.81. The zero-order valence-electron chi connectivity index (χ0n) is 13.5. The van der Waals surface area contributed by atoms with Crippen molar-refractivity contribution in [2.45, 2.75) is 20.3 Å². The van der Waals surface area contributed by atoms with Gasteiger partial charge in [0, 0.05) is 11.3 Å². The molecule has 0 saturated heterocycles. The highest BCUT2D eigenvalue weighted by atomic mass is 35.5. The van der Waals surface area contributed by atoms with Crippen LogP contribution in [0, 0.1) is 6.92 Å². The summed E-state index contributed by atoms with van der Waals surface area (Å²) in [4.78, 5) is 17.0. The normalized spacial score (nSPS) is 10.8. The molecule has 0 bridgehead atoms. The van der Waals surface area contributed by atoms with Gasteiger partial charge in [-0.2, -0.15) is 0 Å². The molecule has 1 N–H and O–H groups in total. The number of halogens is 2.